The van der Waals surface area contributed by atoms with Crippen LogP contribution in [0.3, 0.4) is 0 Å². The molecule has 0 radical (unpaired) electrons. The van der Waals surface area contributed by atoms with Crippen molar-refractivity contribution in [2.75, 3.05) is 14.2 Å². The summed E-state index contributed by atoms with van der Waals surface area (Å²) in [6.45, 7) is 0. The van der Waals surface area contributed by atoms with E-state index in [9.17, 15) is 0 Å². The Balaban J connectivity index is 2.06. The van der Waals surface area contributed by atoms with E-state index in [-0.39, 0.29) is 6.04 Å². The smallest absolute Gasteiger partial charge is 0.161 e. The van der Waals surface area contributed by atoms with E-state index in [0.29, 0.717) is 0 Å². The molecule has 3 nitrogen and oxygen atoms in total. The van der Waals surface area contributed by atoms with E-state index in [1.807, 2.05) is 18.2 Å². The van der Waals surface area contributed by atoms with E-state index < -0.39 is 0 Å². The Labute approximate surface area is 109 Å². The molecule has 18 heavy (non-hydrogen) atoms. The van der Waals surface area contributed by atoms with Gasteiger partial charge in [0, 0.05) is 6.04 Å². The molecule has 2 N–H and O–H groups in total. The Morgan fingerprint density at radius 2 is 1.83 bits per heavy atom. The van der Waals surface area contributed by atoms with E-state index >= 15 is 0 Å². The van der Waals surface area contributed by atoms with Gasteiger partial charge in [-0.05, 0) is 30.0 Å². The van der Waals surface area contributed by atoms with Crippen molar-refractivity contribution in [1.29, 1.82) is 0 Å². The van der Waals surface area contributed by atoms with Crippen molar-refractivity contribution < 1.29 is 9.47 Å². The summed E-state index contributed by atoms with van der Waals surface area (Å²) in [5.41, 5.74) is 7.43. The molecule has 1 unspecified atom stereocenters. The maximum atomic E-state index is 6.29. The lowest BCUT2D eigenvalue weighted by Crippen LogP contribution is -2.14. The standard InChI is InChI=1S/C15H23NO2/c1-17-14-8-7-12(10-15(14)18-2)13(16)9-11-5-3-4-6-11/h7-8,10-11,13H,3-6,9,16H2,1-2H3. The van der Waals surface area contributed by atoms with E-state index in [1.165, 1.54) is 25.7 Å². The van der Waals surface area contributed by atoms with Gasteiger partial charge < -0.3 is 15.2 Å². The molecule has 0 spiro atoms. The van der Waals surface area contributed by atoms with E-state index in [4.69, 9.17) is 15.2 Å². The number of nitrogens with two attached hydrogens (primary N) is 1. The third-order valence-corrected chi connectivity index (χ3v) is 3.90. The fourth-order valence-corrected chi connectivity index (χ4v) is 2.82. The SMILES string of the molecule is COc1ccc(C(N)CC2CCCC2)cc1OC. The van der Waals surface area contributed by atoms with Gasteiger partial charge in [-0.2, -0.15) is 0 Å². The number of rotatable bonds is 5. The fraction of sp³-hybridized carbons (Fsp3) is 0.600. The molecular weight excluding hydrogens is 226 g/mol. The predicted octanol–water partition coefficient (Wildman–Crippen LogP) is 3.28. The van der Waals surface area contributed by atoms with Gasteiger partial charge >= 0.3 is 0 Å². The fourth-order valence-electron chi connectivity index (χ4n) is 2.82. The molecule has 100 valence electrons. The molecule has 1 aliphatic rings. The van der Waals surface area contributed by atoms with E-state index in [0.717, 1.165) is 29.4 Å². The summed E-state index contributed by atoms with van der Waals surface area (Å²) in [5.74, 6) is 2.32. The van der Waals surface area contributed by atoms with Crippen molar-refractivity contribution in [3.05, 3.63) is 23.8 Å². The molecule has 0 amide bonds. The number of hydrogen-bond donors (Lipinski definition) is 1. The first-order valence-electron chi connectivity index (χ1n) is 6.72. The van der Waals surface area contributed by atoms with Gasteiger partial charge in [0.25, 0.3) is 0 Å². The lowest BCUT2D eigenvalue weighted by Gasteiger charge is -2.18. The van der Waals surface area contributed by atoms with Crippen LogP contribution < -0.4 is 15.2 Å². The molecule has 2 rings (SSSR count). The first-order chi connectivity index (χ1) is 8.74. The molecule has 1 aromatic carbocycles. The average molecular weight is 249 g/mol. The number of ether oxygens (including phenoxy) is 2. The van der Waals surface area contributed by atoms with Crippen LogP contribution in [0.1, 0.15) is 43.7 Å². The molecule has 0 heterocycles. The lowest BCUT2D eigenvalue weighted by molar-refractivity contribution is 0.353. The Hall–Kier alpha value is -1.22. The molecular formula is C15H23NO2. The normalized spacial score (nSPS) is 17.7. The number of benzene rings is 1. The second-order valence-electron chi connectivity index (χ2n) is 5.11. The second-order valence-corrected chi connectivity index (χ2v) is 5.11. The molecule has 0 aromatic heterocycles. The Morgan fingerprint density at radius 1 is 1.17 bits per heavy atom. The third-order valence-electron chi connectivity index (χ3n) is 3.90. The topological polar surface area (TPSA) is 44.5 Å². The minimum Gasteiger partial charge on any atom is -0.493 e. The van der Waals surface area contributed by atoms with Crippen molar-refractivity contribution >= 4 is 0 Å². The molecule has 0 aliphatic heterocycles. The van der Waals surface area contributed by atoms with Gasteiger partial charge in [-0.1, -0.05) is 31.7 Å². The van der Waals surface area contributed by atoms with Gasteiger partial charge in [-0.15, -0.1) is 0 Å². The number of hydrogen-bond acceptors (Lipinski definition) is 3. The van der Waals surface area contributed by atoms with Gasteiger partial charge in [-0.3, -0.25) is 0 Å². The van der Waals surface area contributed by atoms with Crippen molar-refractivity contribution in [3.8, 4) is 11.5 Å². The van der Waals surface area contributed by atoms with Crippen LogP contribution in [-0.4, -0.2) is 14.2 Å². The molecule has 1 saturated carbocycles. The van der Waals surface area contributed by atoms with Gasteiger partial charge in [0.2, 0.25) is 0 Å². The van der Waals surface area contributed by atoms with E-state index in [2.05, 4.69) is 0 Å². The summed E-state index contributed by atoms with van der Waals surface area (Å²) in [4.78, 5) is 0. The summed E-state index contributed by atoms with van der Waals surface area (Å²) in [6, 6.07) is 6.08. The number of methoxy groups -OCH3 is 2. The molecule has 1 fully saturated rings. The van der Waals surface area contributed by atoms with Crippen LogP contribution in [0, 0.1) is 5.92 Å². The van der Waals surface area contributed by atoms with Crippen LogP contribution in [0.25, 0.3) is 0 Å². The molecule has 0 saturated heterocycles. The monoisotopic (exact) mass is 249 g/mol. The summed E-state index contributed by atoms with van der Waals surface area (Å²) in [5, 5.41) is 0. The highest BCUT2D eigenvalue weighted by Crippen LogP contribution is 2.34. The van der Waals surface area contributed by atoms with Crippen LogP contribution in [0.5, 0.6) is 11.5 Å². The van der Waals surface area contributed by atoms with Crippen molar-refractivity contribution in [2.45, 2.75) is 38.1 Å². The predicted molar refractivity (Wildman–Crippen MR) is 73.0 cm³/mol. The first-order valence-corrected chi connectivity index (χ1v) is 6.72. The Bertz CT molecular complexity index is 386. The summed E-state index contributed by atoms with van der Waals surface area (Å²) in [7, 11) is 3.31. The summed E-state index contributed by atoms with van der Waals surface area (Å²) in [6.07, 6.45) is 6.48. The van der Waals surface area contributed by atoms with Crippen LogP contribution in [0.4, 0.5) is 0 Å². The minimum atomic E-state index is 0.105. The Kier molecular flexibility index (Phi) is 4.48. The Morgan fingerprint density at radius 3 is 2.44 bits per heavy atom. The maximum absolute atomic E-state index is 6.29. The van der Waals surface area contributed by atoms with E-state index in [1.54, 1.807) is 14.2 Å². The quantitative estimate of drug-likeness (QED) is 0.871. The van der Waals surface area contributed by atoms with Crippen LogP contribution in [0.2, 0.25) is 0 Å². The van der Waals surface area contributed by atoms with Gasteiger partial charge in [-0.25, -0.2) is 0 Å². The van der Waals surface area contributed by atoms with Crippen molar-refractivity contribution in [3.63, 3.8) is 0 Å². The highest BCUT2D eigenvalue weighted by Gasteiger charge is 2.19. The second kappa shape index (κ2) is 6.10. The molecule has 1 atom stereocenters. The zero-order valence-electron chi connectivity index (χ0n) is 11.3. The van der Waals surface area contributed by atoms with Gasteiger partial charge in [0.1, 0.15) is 0 Å². The van der Waals surface area contributed by atoms with Crippen molar-refractivity contribution in [1.82, 2.24) is 0 Å². The first kappa shape index (κ1) is 13.2. The molecule has 1 aromatic rings. The van der Waals surface area contributed by atoms with Crippen molar-refractivity contribution in [2.24, 2.45) is 11.7 Å². The average Bonchev–Trinajstić information content (AvgIpc) is 2.90. The van der Waals surface area contributed by atoms with Crippen LogP contribution in [0.15, 0.2) is 18.2 Å². The van der Waals surface area contributed by atoms with Gasteiger partial charge in [0.05, 0.1) is 14.2 Å². The molecule has 0 bridgehead atoms. The van der Waals surface area contributed by atoms with Gasteiger partial charge in [0.15, 0.2) is 11.5 Å². The zero-order chi connectivity index (χ0) is 13.0. The third kappa shape index (κ3) is 2.96. The largest absolute Gasteiger partial charge is 0.493 e. The summed E-state index contributed by atoms with van der Waals surface area (Å²) < 4.78 is 10.6. The minimum absolute atomic E-state index is 0.105. The van der Waals surface area contributed by atoms with Crippen LogP contribution in [-0.2, 0) is 0 Å². The highest BCUT2D eigenvalue weighted by atomic mass is 16.5. The zero-order valence-corrected chi connectivity index (χ0v) is 11.3. The molecule has 1 aliphatic carbocycles. The highest BCUT2D eigenvalue weighted by molar-refractivity contribution is 5.43. The van der Waals surface area contributed by atoms with Crippen LogP contribution >= 0.6 is 0 Å². The maximum Gasteiger partial charge on any atom is 0.161 e. The lowest BCUT2D eigenvalue weighted by atomic mass is 9.94. The summed E-state index contributed by atoms with van der Waals surface area (Å²) >= 11 is 0. The molecule has 3 heteroatoms.